The first-order valence-electron chi connectivity index (χ1n) is 9.08. The molecule has 0 aliphatic heterocycles. The van der Waals surface area contributed by atoms with E-state index in [1.165, 1.54) is 12.7 Å². The number of rotatable bonds is 8. The predicted octanol–water partition coefficient (Wildman–Crippen LogP) is 3.44. The fourth-order valence-corrected chi connectivity index (χ4v) is 3.13. The van der Waals surface area contributed by atoms with Crippen molar-refractivity contribution < 1.29 is 19.4 Å². The van der Waals surface area contributed by atoms with Crippen LogP contribution < -0.4 is 5.32 Å². The quantitative estimate of drug-likeness (QED) is 0.744. The third-order valence-corrected chi connectivity index (χ3v) is 4.71. The number of carboxylic acids is 1. The molecule has 27 heavy (non-hydrogen) atoms. The van der Waals surface area contributed by atoms with E-state index in [9.17, 15) is 14.7 Å². The number of aryl methyl sites for hydroxylation is 1. The van der Waals surface area contributed by atoms with Crippen molar-refractivity contribution >= 4 is 11.9 Å². The molecule has 6 nitrogen and oxygen atoms in total. The van der Waals surface area contributed by atoms with E-state index in [1.54, 1.807) is 6.07 Å². The van der Waals surface area contributed by atoms with Crippen molar-refractivity contribution in [3.8, 4) is 5.69 Å². The lowest BCUT2D eigenvalue weighted by atomic mass is 10.0. The normalized spacial score (nSPS) is 12.2. The number of hydrogen-bond acceptors (Lipinski definition) is 3. The summed E-state index contributed by atoms with van der Waals surface area (Å²) in [5.41, 5.74) is 4.39. The van der Waals surface area contributed by atoms with Crippen LogP contribution in [0.2, 0.25) is 0 Å². The van der Waals surface area contributed by atoms with Gasteiger partial charge in [-0.2, -0.15) is 0 Å². The van der Waals surface area contributed by atoms with Crippen molar-refractivity contribution in [1.82, 2.24) is 9.88 Å². The molecule has 0 saturated heterocycles. The van der Waals surface area contributed by atoms with E-state index in [4.69, 9.17) is 4.74 Å². The van der Waals surface area contributed by atoms with Crippen LogP contribution in [0.1, 0.15) is 53.5 Å². The minimum absolute atomic E-state index is 0.215. The van der Waals surface area contributed by atoms with Gasteiger partial charge in [0.15, 0.2) is 0 Å². The van der Waals surface area contributed by atoms with E-state index in [0.29, 0.717) is 11.5 Å². The first-order chi connectivity index (χ1) is 12.8. The molecule has 0 saturated carbocycles. The molecular weight excluding hydrogens is 344 g/mol. The van der Waals surface area contributed by atoms with E-state index in [0.717, 1.165) is 17.1 Å². The largest absolute Gasteiger partial charge is 0.480 e. The van der Waals surface area contributed by atoms with Crippen LogP contribution in [-0.4, -0.2) is 41.3 Å². The summed E-state index contributed by atoms with van der Waals surface area (Å²) in [6, 6.07) is 9.06. The van der Waals surface area contributed by atoms with Gasteiger partial charge in [-0.3, -0.25) is 4.79 Å². The van der Waals surface area contributed by atoms with Gasteiger partial charge in [0.25, 0.3) is 5.91 Å². The summed E-state index contributed by atoms with van der Waals surface area (Å²) >= 11 is 0. The summed E-state index contributed by atoms with van der Waals surface area (Å²) in [5.74, 6) is -1.01. The van der Waals surface area contributed by atoms with Crippen molar-refractivity contribution in [2.24, 2.45) is 0 Å². The van der Waals surface area contributed by atoms with E-state index in [1.807, 2.05) is 30.5 Å². The second kappa shape index (κ2) is 8.86. The average molecular weight is 372 g/mol. The molecule has 2 rings (SSSR count). The Kier molecular flexibility index (Phi) is 6.80. The minimum Gasteiger partial charge on any atom is -0.480 e. The van der Waals surface area contributed by atoms with Crippen LogP contribution >= 0.6 is 0 Å². The Morgan fingerprint density at radius 1 is 1.19 bits per heavy atom. The van der Waals surface area contributed by atoms with Gasteiger partial charge in [0.2, 0.25) is 0 Å². The molecule has 0 spiro atoms. The van der Waals surface area contributed by atoms with Crippen LogP contribution in [0.3, 0.4) is 0 Å². The third kappa shape index (κ3) is 4.77. The van der Waals surface area contributed by atoms with Crippen LogP contribution in [0, 0.1) is 13.8 Å². The molecule has 0 bridgehead atoms. The van der Waals surface area contributed by atoms with Crippen molar-refractivity contribution in [2.75, 3.05) is 13.7 Å². The van der Waals surface area contributed by atoms with Gasteiger partial charge in [0.1, 0.15) is 6.04 Å². The number of carbonyl (C=O) groups excluding carboxylic acids is 1. The lowest BCUT2D eigenvalue weighted by Crippen LogP contribution is -2.41. The standard InChI is InChI=1S/C21H28N2O4/c1-13(2)16-6-8-17(9-7-16)23-14(3)12-18(15(23)4)20(24)22-19(21(25)26)10-11-27-5/h6-9,12-13,19H,10-11H2,1-5H3,(H,22,24)(H,25,26). The van der Waals surface area contributed by atoms with E-state index >= 15 is 0 Å². The average Bonchev–Trinajstić information content (AvgIpc) is 2.92. The number of nitrogens with one attached hydrogen (secondary N) is 1. The molecule has 2 N–H and O–H groups in total. The summed E-state index contributed by atoms with van der Waals surface area (Å²) in [6.07, 6.45) is 0.215. The second-order valence-corrected chi connectivity index (χ2v) is 7.01. The van der Waals surface area contributed by atoms with Crippen LogP contribution in [0.15, 0.2) is 30.3 Å². The summed E-state index contributed by atoms with van der Waals surface area (Å²) in [4.78, 5) is 24.0. The van der Waals surface area contributed by atoms with E-state index < -0.39 is 17.9 Å². The molecule has 1 atom stereocenters. The van der Waals surface area contributed by atoms with Crippen molar-refractivity contribution in [3.63, 3.8) is 0 Å². The van der Waals surface area contributed by atoms with E-state index in [2.05, 4.69) is 31.3 Å². The van der Waals surface area contributed by atoms with Gasteiger partial charge in [0.05, 0.1) is 5.56 Å². The number of aliphatic carboxylic acids is 1. The number of methoxy groups -OCH3 is 1. The number of carboxylic acid groups (broad SMARTS) is 1. The maximum Gasteiger partial charge on any atom is 0.326 e. The van der Waals surface area contributed by atoms with Crippen LogP contribution in [0.4, 0.5) is 0 Å². The van der Waals surface area contributed by atoms with Crippen molar-refractivity contribution in [3.05, 3.63) is 52.8 Å². The zero-order valence-electron chi connectivity index (χ0n) is 16.6. The number of aromatic nitrogens is 1. The van der Waals surface area contributed by atoms with Gasteiger partial charge in [0, 0.05) is 37.2 Å². The molecule has 0 fully saturated rings. The van der Waals surface area contributed by atoms with Crippen LogP contribution in [-0.2, 0) is 9.53 Å². The highest BCUT2D eigenvalue weighted by Crippen LogP contribution is 2.23. The minimum atomic E-state index is -1.07. The molecule has 6 heteroatoms. The lowest BCUT2D eigenvalue weighted by Gasteiger charge is -2.15. The third-order valence-electron chi connectivity index (χ3n) is 4.71. The lowest BCUT2D eigenvalue weighted by molar-refractivity contribution is -0.139. The number of ether oxygens (including phenoxy) is 1. The fourth-order valence-electron chi connectivity index (χ4n) is 3.13. The number of hydrogen-bond donors (Lipinski definition) is 2. The fraction of sp³-hybridized carbons (Fsp3) is 0.429. The molecule has 1 unspecified atom stereocenters. The molecule has 1 heterocycles. The highest BCUT2D eigenvalue weighted by Gasteiger charge is 2.23. The molecule has 146 valence electrons. The summed E-state index contributed by atoms with van der Waals surface area (Å²) < 4.78 is 6.93. The molecule has 1 aromatic carbocycles. The first-order valence-corrected chi connectivity index (χ1v) is 9.08. The number of benzene rings is 1. The highest BCUT2D eigenvalue weighted by atomic mass is 16.5. The van der Waals surface area contributed by atoms with Gasteiger partial charge in [-0.1, -0.05) is 26.0 Å². The Balaban J connectivity index is 2.28. The molecule has 0 aliphatic carbocycles. The van der Waals surface area contributed by atoms with Crippen LogP contribution in [0.5, 0.6) is 0 Å². The SMILES string of the molecule is COCCC(NC(=O)c1cc(C)n(-c2ccc(C(C)C)cc2)c1C)C(=O)O. The topological polar surface area (TPSA) is 80.6 Å². The van der Waals surface area contributed by atoms with Gasteiger partial charge in [-0.25, -0.2) is 4.79 Å². The Morgan fingerprint density at radius 2 is 1.81 bits per heavy atom. The van der Waals surface area contributed by atoms with Gasteiger partial charge in [-0.15, -0.1) is 0 Å². The van der Waals surface area contributed by atoms with Gasteiger partial charge >= 0.3 is 5.97 Å². The molecule has 0 radical (unpaired) electrons. The second-order valence-electron chi connectivity index (χ2n) is 7.01. The molecule has 0 aliphatic rings. The number of amides is 1. The maximum absolute atomic E-state index is 12.7. The zero-order valence-corrected chi connectivity index (χ0v) is 16.6. The van der Waals surface area contributed by atoms with Crippen molar-refractivity contribution in [2.45, 2.75) is 46.1 Å². The number of carbonyl (C=O) groups is 2. The first kappa shape index (κ1) is 20.7. The Bertz CT molecular complexity index is 806. The molecular formula is C21H28N2O4. The summed E-state index contributed by atoms with van der Waals surface area (Å²) in [5, 5.41) is 11.9. The van der Waals surface area contributed by atoms with Crippen LogP contribution in [0.25, 0.3) is 5.69 Å². The predicted molar refractivity (Wildman–Crippen MR) is 105 cm³/mol. The van der Waals surface area contributed by atoms with Crippen molar-refractivity contribution in [1.29, 1.82) is 0 Å². The zero-order chi connectivity index (χ0) is 20.1. The monoisotopic (exact) mass is 372 g/mol. The molecule has 1 amide bonds. The smallest absolute Gasteiger partial charge is 0.326 e. The highest BCUT2D eigenvalue weighted by molar-refractivity contribution is 5.98. The van der Waals surface area contributed by atoms with E-state index in [-0.39, 0.29) is 13.0 Å². The van der Waals surface area contributed by atoms with Gasteiger partial charge in [-0.05, 0) is 43.5 Å². The summed E-state index contributed by atoms with van der Waals surface area (Å²) in [6.45, 7) is 8.35. The molecule has 1 aromatic heterocycles. The number of nitrogens with zero attached hydrogens (tertiary/aromatic N) is 1. The summed E-state index contributed by atoms with van der Waals surface area (Å²) in [7, 11) is 1.50. The Labute approximate surface area is 160 Å². The van der Waals surface area contributed by atoms with Gasteiger partial charge < -0.3 is 19.7 Å². The Morgan fingerprint density at radius 3 is 2.33 bits per heavy atom. The Hall–Kier alpha value is -2.60. The maximum atomic E-state index is 12.7. The molecule has 2 aromatic rings.